The first-order valence-electron chi connectivity index (χ1n) is 6.62. The van der Waals surface area contributed by atoms with Gasteiger partial charge < -0.3 is 10.1 Å². The second-order valence-electron chi connectivity index (χ2n) is 5.12. The van der Waals surface area contributed by atoms with Gasteiger partial charge >= 0.3 is 0 Å². The summed E-state index contributed by atoms with van der Waals surface area (Å²) in [5.41, 5.74) is 1.53. The number of hydrogen-bond acceptors (Lipinski definition) is 2. The average molecular weight is 225 g/mol. The number of nitrogens with one attached hydrogen (secondary N) is 1. The molecule has 0 radical (unpaired) electrons. The smallest absolute Gasteiger partial charge is 0.0692 e. The van der Waals surface area contributed by atoms with E-state index in [2.05, 4.69) is 39.1 Å². The standard InChI is InChI=1S/C14H27NO/c1-5-14(6-2)11-13(8-10-16-14)15-9-7-12(3)4/h7,13,15H,5-6,8-11H2,1-4H3. The summed E-state index contributed by atoms with van der Waals surface area (Å²) in [4.78, 5) is 0. The third-order valence-electron chi connectivity index (χ3n) is 3.70. The van der Waals surface area contributed by atoms with Gasteiger partial charge in [-0.2, -0.15) is 0 Å². The molecule has 1 fully saturated rings. The number of rotatable bonds is 5. The summed E-state index contributed by atoms with van der Waals surface area (Å²) < 4.78 is 5.97. The molecule has 1 unspecified atom stereocenters. The molecule has 0 amide bonds. The van der Waals surface area contributed by atoms with Gasteiger partial charge in [-0.3, -0.25) is 0 Å². The van der Waals surface area contributed by atoms with Gasteiger partial charge in [-0.1, -0.05) is 25.5 Å². The molecule has 0 bridgehead atoms. The second kappa shape index (κ2) is 6.41. The van der Waals surface area contributed by atoms with Crippen LogP contribution in [0.4, 0.5) is 0 Å². The Balaban J connectivity index is 2.41. The Bertz CT molecular complexity index is 227. The van der Waals surface area contributed by atoms with Gasteiger partial charge in [0.05, 0.1) is 5.60 Å². The largest absolute Gasteiger partial charge is 0.375 e. The highest BCUT2D eigenvalue weighted by molar-refractivity contribution is 4.96. The predicted molar refractivity (Wildman–Crippen MR) is 69.7 cm³/mol. The van der Waals surface area contributed by atoms with Gasteiger partial charge in [0.1, 0.15) is 0 Å². The van der Waals surface area contributed by atoms with Crippen LogP contribution in [-0.4, -0.2) is 24.8 Å². The minimum atomic E-state index is 0.140. The molecule has 0 aliphatic carbocycles. The highest BCUT2D eigenvalue weighted by Crippen LogP contribution is 2.31. The van der Waals surface area contributed by atoms with E-state index < -0.39 is 0 Å². The number of ether oxygens (including phenoxy) is 1. The topological polar surface area (TPSA) is 21.3 Å². The molecule has 0 aromatic carbocycles. The molecule has 94 valence electrons. The Morgan fingerprint density at radius 3 is 2.62 bits per heavy atom. The molecule has 0 aromatic rings. The van der Waals surface area contributed by atoms with E-state index in [0.29, 0.717) is 6.04 Å². The van der Waals surface area contributed by atoms with Gasteiger partial charge in [0.15, 0.2) is 0 Å². The fourth-order valence-corrected chi connectivity index (χ4v) is 2.37. The second-order valence-corrected chi connectivity index (χ2v) is 5.12. The van der Waals surface area contributed by atoms with Gasteiger partial charge in [0.2, 0.25) is 0 Å². The molecule has 0 aromatic heterocycles. The zero-order valence-corrected chi connectivity index (χ0v) is 11.3. The molecule has 2 heteroatoms. The van der Waals surface area contributed by atoms with E-state index in [1.165, 1.54) is 5.57 Å². The molecule has 1 saturated heterocycles. The molecule has 1 atom stereocenters. The maximum absolute atomic E-state index is 5.97. The van der Waals surface area contributed by atoms with Crippen molar-refractivity contribution in [3.63, 3.8) is 0 Å². The molecule has 1 heterocycles. The molecule has 2 nitrogen and oxygen atoms in total. The lowest BCUT2D eigenvalue weighted by molar-refractivity contribution is -0.0926. The minimum Gasteiger partial charge on any atom is -0.375 e. The summed E-state index contributed by atoms with van der Waals surface area (Å²) in [6, 6.07) is 0.629. The van der Waals surface area contributed by atoms with Crippen LogP contribution in [0.3, 0.4) is 0 Å². The van der Waals surface area contributed by atoms with E-state index in [1.54, 1.807) is 0 Å². The monoisotopic (exact) mass is 225 g/mol. The molecular weight excluding hydrogens is 198 g/mol. The quantitative estimate of drug-likeness (QED) is 0.725. The Kier molecular flexibility index (Phi) is 5.50. The summed E-state index contributed by atoms with van der Waals surface area (Å²) in [5.74, 6) is 0. The van der Waals surface area contributed by atoms with Gasteiger partial charge in [-0.15, -0.1) is 0 Å². The van der Waals surface area contributed by atoms with Crippen LogP contribution in [0.5, 0.6) is 0 Å². The number of hydrogen-bond donors (Lipinski definition) is 1. The molecule has 1 N–H and O–H groups in total. The molecular formula is C14H27NO. The fraction of sp³-hybridized carbons (Fsp3) is 0.857. The van der Waals surface area contributed by atoms with Crippen LogP contribution in [0.25, 0.3) is 0 Å². The lowest BCUT2D eigenvalue weighted by Crippen LogP contribution is -2.46. The van der Waals surface area contributed by atoms with Crippen LogP contribution in [0.15, 0.2) is 11.6 Å². The van der Waals surface area contributed by atoms with Crippen LogP contribution in [0, 0.1) is 0 Å². The zero-order chi connectivity index (χ0) is 12.0. The average Bonchev–Trinajstić information content (AvgIpc) is 2.29. The Morgan fingerprint density at radius 2 is 2.06 bits per heavy atom. The van der Waals surface area contributed by atoms with E-state index >= 15 is 0 Å². The molecule has 0 spiro atoms. The molecule has 1 aliphatic rings. The van der Waals surface area contributed by atoms with E-state index in [9.17, 15) is 0 Å². The van der Waals surface area contributed by atoms with Crippen LogP contribution >= 0.6 is 0 Å². The van der Waals surface area contributed by atoms with Crippen molar-refractivity contribution < 1.29 is 4.74 Å². The van der Waals surface area contributed by atoms with Crippen molar-refractivity contribution in [3.8, 4) is 0 Å². The van der Waals surface area contributed by atoms with Crippen molar-refractivity contribution in [1.82, 2.24) is 5.32 Å². The van der Waals surface area contributed by atoms with Crippen molar-refractivity contribution in [3.05, 3.63) is 11.6 Å². The number of allylic oxidation sites excluding steroid dienone is 1. The zero-order valence-electron chi connectivity index (χ0n) is 11.3. The first-order valence-corrected chi connectivity index (χ1v) is 6.62. The van der Waals surface area contributed by atoms with Crippen molar-refractivity contribution in [2.75, 3.05) is 13.2 Å². The first-order chi connectivity index (χ1) is 7.62. The Labute approximate surface area is 100 Å². The fourth-order valence-electron chi connectivity index (χ4n) is 2.37. The SMILES string of the molecule is CCC1(CC)CC(NCC=C(C)C)CCO1. The maximum atomic E-state index is 5.97. The van der Waals surface area contributed by atoms with Crippen molar-refractivity contribution >= 4 is 0 Å². The van der Waals surface area contributed by atoms with Crippen LogP contribution < -0.4 is 5.32 Å². The highest BCUT2D eigenvalue weighted by Gasteiger charge is 2.33. The highest BCUT2D eigenvalue weighted by atomic mass is 16.5. The summed E-state index contributed by atoms with van der Waals surface area (Å²) in [7, 11) is 0. The van der Waals surface area contributed by atoms with Crippen LogP contribution in [0.2, 0.25) is 0 Å². The van der Waals surface area contributed by atoms with Gasteiger partial charge in [0, 0.05) is 19.2 Å². The van der Waals surface area contributed by atoms with Crippen LogP contribution in [0.1, 0.15) is 53.4 Å². The predicted octanol–water partition coefficient (Wildman–Crippen LogP) is 3.28. The van der Waals surface area contributed by atoms with E-state index in [-0.39, 0.29) is 5.60 Å². The van der Waals surface area contributed by atoms with E-state index in [1.807, 2.05) is 0 Å². The normalized spacial score (nSPS) is 24.1. The summed E-state index contributed by atoms with van der Waals surface area (Å²) in [6.07, 6.45) is 6.83. The molecule has 0 saturated carbocycles. The lowest BCUT2D eigenvalue weighted by atomic mass is 9.86. The van der Waals surface area contributed by atoms with Crippen molar-refractivity contribution in [2.24, 2.45) is 0 Å². The van der Waals surface area contributed by atoms with Gasteiger partial charge in [0.25, 0.3) is 0 Å². The van der Waals surface area contributed by atoms with Crippen molar-refractivity contribution in [1.29, 1.82) is 0 Å². The summed E-state index contributed by atoms with van der Waals surface area (Å²) in [5, 5.41) is 3.62. The van der Waals surface area contributed by atoms with Gasteiger partial charge in [-0.05, 0) is 39.5 Å². The first kappa shape index (κ1) is 13.7. The van der Waals surface area contributed by atoms with E-state index in [4.69, 9.17) is 4.74 Å². The summed E-state index contributed by atoms with van der Waals surface area (Å²) >= 11 is 0. The lowest BCUT2D eigenvalue weighted by Gasteiger charge is -2.40. The summed E-state index contributed by atoms with van der Waals surface area (Å²) in [6.45, 7) is 10.7. The third kappa shape index (κ3) is 3.91. The molecule has 1 rings (SSSR count). The van der Waals surface area contributed by atoms with Crippen molar-refractivity contribution in [2.45, 2.75) is 65.0 Å². The molecule has 16 heavy (non-hydrogen) atoms. The Morgan fingerprint density at radius 1 is 1.38 bits per heavy atom. The molecule has 1 aliphatic heterocycles. The van der Waals surface area contributed by atoms with E-state index in [0.717, 1.165) is 38.8 Å². The van der Waals surface area contributed by atoms with Gasteiger partial charge in [-0.25, -0.2) is 0 Å². The van der Waals surface area contributed by atoms with Crippen LogP contribution in [-0.2, 0) is 4.74 Å². The third-order valence-corrected chi connectivity index (χ3v) is 3.70. The Hall–Kier alpha value is -0.340. The maximum Gasteiger partial charge on any atom is 0.0692 e. The minimum absolute atomic E-state index is 0.140.